The molecule has 0 fully saturated rings. The highest BCUT2D eigenvalue weighted by Crippen LogP contribution is 2.41. The minimum atomic E-state index is -0.941. The first-order valence-corrected chi connectivity index (χ1v) is 26.2. The third-order valence-corrected chi connectivity index (χ3v) is 15.1. The van der Waals surface area contributed by atoms with Gasteiger partial charge in [-0.25, -0.2) is 0 Å². The first kappa shape index (κ1) is 60.9. The molecule has 398 valence electrons. The number of unbranched alkanes of at least 4 members (excludes halogenated alkanes) is 2. The van der Waals surface area contributed by atoms with E-state index in [9.17, 15) is 10.2 Å². The Kier molecular flexibility index (Phi) is 23.6. The second-order valence-electron chi connectivity index (χ2n) is 24.2. The van der Waals surface area contributed by atoms with Gasteiger partial charge in [-0.05, 0) is 168 Å². The summed E-state index contributed by atoms with van der Waals surface area (Å²) >= 11 is 0. The first-order valence-electron chi connectivity index (χ1n) is 26.2. The Bertz CT molecular complexity index is 1720. The number of benzene rings is 3. The Labute approximate surface area is 425 Å². The zero-order valence-corrected chi connectivity index (χ0v) is 46.7. The van der Waals surface area contributed by atoms with Crippen molar-refractivity contribution >= 4 is 0 Å². The number of hydrogen-bond donors (Lipinski definition) is 2. The molecule has 0 saturated heterocycles. The molecular formula is C60H98O10. The fraction of sp³-hybridized carbons (Fsp3) is 0.700. The monoisotopic (exact) mass is 979 g/mol. The summed E-state index contributed by atoms with van der Waals surface area (Å²) in [6.45, 7) is 37.5. The standard InChI is InChI=1S/C60H98O10/c1-53(2,59(13,14)69-45-47(57(9,10)61)43-65-49-27-19-17-20-28-49)35-23-25-39-67-55(5,6)37-41-63-51-31-33-52(34-32-51)64-42-38-56(7,8)68-40-26-24-36-54(3,4)60(15,16)70-46-48(58(11,12)62)44-66-50-29-21-18-22-30-50/h17-22,27-34,47-48,61-62H,23-26,35-46H2,1-16H3. The number of hydrogen-bond acceptors (Lipinski definition) is 10. The highest BCUT2D eigenvalue weighted by atomic mass is 16.5. The van der Waals surface area contributed by atoms with Crippen molar-refractivity contribution in [2.24, 2.45) is 22.7 Å². The van der Waals surface area contributed by atoms with Crippen LogP contribution in [-0.2, 0) is 18.9 Å². The Morgan fingerprint density at radius 1 is 0.343 bits per heavy atom. The third kappa shape index (κ3) is 22.2. The molecule has 3 aromatic carbocycles. The van der Waals surface area contributed by atoms with Crippen LogP contribution >= 0.6 is 0 Å². The molecule has 10 heteroatoms. The molecule has 0 heterocycles. The quantitative estimate of drug-likeness (QED) is 0.0546. The first-order chi connectivity index (χ1) is 32.4. The largest absolute Gasteiger partial charge is 0.493 e. The number of aliphatic hydroxyl groups is 2. The van der Waals surface area contributed by atoms with Gasteiger partial charge >= 0.3 is 0 Å². The Balaban J connectivity index is 1.28. The van der Waals surface area contributed by atoms with E-state index in [-0.39, 0.29) is 33.9 Å². The van der Waals surface area contributed by atoms with Gasteiger partial charge in [0.2, 0.25) is 0 Å². The highest BCUT2D eigenvalue weighted by molar-refractivity contribution is 5.31. The molecule has 0 radical (unpaired) electrons. The van der Waals surface area contributed by atoms with Gasteiger partial charge < -0.3 is 48.1 Å². The Morgan fingerprint density at radius 3 is 0.971 bits per heavy atom. The molecule has 2 N–H and O–H groups in total. The highest BCUT2D eigenvalue weighted by Gasteiger charge is 2.41. The number of ether oxygens (including phenoxy) is 8. The van der Waals surface area contributed by atoms with E-state index in [1.165, 1.54) is 0 Å². The van der Waals surface area contributed by atoms with E-state index in [1.54, 1.807) is 0 Å². The van der Waals surface area contributed by atoms with E-state index >= 15 is 0 Å². The molecular weight excluding hydrogens is 881 g/mol. The van der Waals surface area contributed by atoms with E-state index in [0.29, 0.717) is 52.9 Å². The summed E-state index contributed by atoms with van der Waals surface area (Å²) in [5.74, 6) is 2.83. The molecule has 0 aliphatic heterocycles. The summed E-state index contributed by atoms with van der Waals surface area (Å²) in [4.78, 5) is 0. The van der Waals surface area contributed by atoms with Crippen molar-refractivity contribution in [1.82, 2.24) is 0 Å². The van der Waals surface area contributed by atoms with Gasteiger partial charge in [0.1, 0.15) is 23.0 Å². The van der Waals surface area contributed by atoms with Gasteiger partial charge in [-0.3, -0.25) is 0 Å². The lowest BCUT2D eigenvalue weighted by atomic mass is 9.73. The molecule has 3 aromatic rings. The van der Waals surface area contributed by atoms with Crippen LogP contribution in [0.1, 0.15) is 162 Å². The minimum absolute atomic E-state index is 0.0899. The maximum absolute atomic E-state index is 10.9. The summed E-state index contributed by atoms with van der Waals surface area (Å²) in [6, 6.07) is 27.3. The Morgan fingerprint density at radius 2 is 0.657 bits per heavy atom. The van der Waals surface area contributed by atoms with Gasteiger partial charge in [0.05, 0.1) is 73.2 Å². The summed E-state index contributed by atoms with van der Waals surface area (Å²) in [5.41, 5.74) is -3.49. The average molecular weight is 979 g/mol. The Hall–Kier alpha value is -3.38. The van der Waals surface area contributed by atoms with Crippen molar-refractivity contribution in [3.05, 3.63) is 84.9 Å². The van der Waals surface area contributed by atoms with Gasteiger partial charge in [0, 0.05) is 37.9 Å². The van der Waals surface area contributed by atoms with Crippen LogP contribution < -0.4 is 18.9 Å². The molecule has 0 amide bonds. The van der Waals surface area contributed by atoms with Crippen LogP contribution in [0.2, 0.25) is 0 Å². The van der Waals surface area contributed by atoms with Crippen LogP contribution in [0, 0.1) is 22.7 Å². The predicted octanol–water partition coefficient (Wildman–Crippen LogP) is 13.7. The maximum Gasteiger partial charge on any atom is 0.119 e. The van der Waals surface area contributed by atoms with E-state index in [4.69, 9.17) is 37.9 Å². The molecule has 2 atom stereocenters. The van der Waals surface area contributed by atoms with E-state index in [0.717, 1.165) is 74.4 Å². The molecule has 0 aliphatic carbocycles. The van der Waals surface area contributed by atoms with Crippen LogP contribution in [-0.4, -0.2) is 96.7 Å². The molecule has 10 nitrogen and oxygen atoms in total. The fourth-order valence-corrected chi connectivity index (χ4v) is 7.59. The third-order valence-electron chi connectivity index (χ3n) is 15.1. The minimum Gasteiger partial charge on any atom is -0.493 e. The van der Waals surface area contributed by atoms with Gasteiger partial charge in [-0.15, -0.1) is 0 Å². The van der Waals surface area contributed by atoms with Crippen LogP contribution in [0.5, 0.6) is 23.0 Å². The molecule has 2 unspecified atom stereocenters. The number of para-hydroxylation sites is 2. The molecule has 0 aromatic heterocycles. The van der Waals surface area contributed by atoms with Crippen LogP contribution in [0.25, 0.3) is 0 Å². The van der Waals surface area contributed by atoms with Crippen molar-refractivity contribution in [3.63, 3.8) is 0 Å². The summed E-state index contributed by atoms with van der Waals surface area (Å²) in [5, 5.41) is 21.8. The van der Waals surface area contributed by atoms with E-state index in [1.807, 2.05) is 113 Å². The lowest BCUT2D eigenvalue weighted by molar-refractivity contribution is -0.139. The molecule has 0 spiro atoms. The smallest absolute Gasteiger partial charge is 0.119 e. The van der Waals surface area contributed by atoms with Crippen molar-refractivity contribution < 1.29 is 48.1 Å². The van der Waals surface area contributed by atoms with Crippen molar-refractivity contribution in [2.45, 2.75) is 196 Å². The van der Waals surface area contributed by atoms with Crippen molar-refractivity contribution in [2.75, 3.05) is 52.9 Å². The van der Waals surface area contributed by atoms with Crippen LogP contribution in [0.4, 0.5) is 0 Å². The predicted molar refractivity (Wildman–Crippen MR) is 286 cm³/mol. The zero-order valence-electron chi connectivity index (χ0n) is 46.7. The van der Waals surface area contributed by atoms with Crippen LogP contribution in [0.3, 0.4) is 0 Å². The van der Waals surface area contributed by atoms with Gasteiger partial charge in [-0.1, -0.05) is 76.9 Å². The van der Waals surface area contributed by atoms with Crippen molar-refractivity contribution in [1.29, 1.82) is 0 Å². The van der Waals surface area contributed by atoms with E-state index in [2.05, 4.69) is 83.1 Å². The van der Waals surface area contributed by atoms with Gasteiger partial charge in [-0.2, -0.15) is 0 Å². The van der Waals surface area contributed by atoms with Gasteiger partial charge in [0.15, 0.2) is 0 Å². The maximum atomic E-state index is 10.9. The second kappa shape index (κ2) is 27.1. The average Bonchev–Trinajstić information content (AvgIpc) is 3.26. The van der Waals surface area contributed by atoms with Crippen molar-refractivity contribution in [3.8, 4) is 23.0 Å². The lowest BCUT2D eigenvalue weighted by Crippen LogP contribution is -2.46. The molecule has 0 saturated carbocycles. The molecule has 0 aliphatic rings. The summed E-state index contributed by atoms with van der Waals surface area (Å²) in [7, 11) is 0. The SMILES string of the molecule is CC(C)(CCOc1ccc(OCCC(C)(C)OCCCCC(C)(C)C(C)(C)OCC(COc2ccccc2)C(C)(C)O)cc1)OCCCCC(C)(C)C(C)(C)OCC(COc1ccccc1)C(C)(C)O. The number of rotatable bonds is 36. The molecule has 0 bridgehead atoms. The molecule has 70 heavy (non-hydrogen) atoms. The van der Waals surface area contributed by atoms with Gasteiger partial charge in [0.25, 0.3) is 0 Å². The van der Waals surface area contributed by atoms with E-state index < -0.39 is 22.4 Å². The topological polar surface area (TPSA) is 114 Å². The lowest BCUT2D eigenvalue weighted by Gasteiger charge is -2.43. The van der Waals surface area contributed by atoms with Crippen LogP contribution in [0.15, 0.2) is 84.9 Å². The molecule has 3 rings (SSSR count). The summed E-state index contributed by atoms with van der Waals surface area (Å²) in [6.07, 6.45) is 7.47. The zero-order chi connectivity index (χ0) is 52.3. The summed E-state index contributed by atoms with van der Waals surface area (Å²) < 4.78 is 50.0. The normalized spacial score (nSPS) is 14.3. The second-order valence-corrected chi connectivity index (χ2v) is 24.2. The fourth-order valence-electron chi connectivity index (χ4n) is 7.59.